The molecule has 1 heterocycles. The number of rotatable bonds is 9. The molecule has 0 fully saturated rings. The van der Waals surface area contributed by atoms with E-state index in [0.717, 1.165) is 53.4 Å². The van der Waals surface area contributed by atoms with Crippen molar-refractivity contribution in [1.29, 1.82) is 0 Å². The maximum atomic E-state index is 2.64. The lowest BCUT2D eigenvalue weighted by Gasteiger charge is -2.42. The van der Waals surface area contributed by atoms with Gasteiger partial charge in [-0.1, -0.05) is 188 Å². The largest absolute Gasteiger partial charge is 0.310 e. The topological polar surface area (TPSA) is 11.4 Å². The van der Waals surface area contributed by atoms with Crippen molar-refractivity contribution in [3.8, 4) is 27.9 Å². The zero-order valence-electron chi connectivity index (χ0n) is 44.8. The van der Waals surface area contributed by atoms with Crippen LogP contribution in [-0.4, -0.2) is 12.4 Å². The number of benzene rings is 9. The fraction of sp³-hybridized carbons (Fsp3) is 0.229. The summed E-state index contributed by atoms with van der Waals surface area (Å²) in [6.45, 7) is 19.7. The van der Waals surface area contributed by atoms with E-state index in [1.165, 1.54) is 83.9 Å². The van der Waals surface area contributed by atoms with E-state index in [1.807, 2.05) is 0 Å². The lowest BCUT2D eigenvalue weighted by molar-refractivity contribution is 0.332. The quantitative estimate of drug-likeness (QED) is 0.134. The van der Waals surface area contributed by atoms with Crippen LogP contribution in [0.4, 0.5) is 34.1 Å². The predicted octanol–water partition coefficient (Wildman–Crippen LogP) is 18.0. The fourth-order valence-electron chi connectivity index (χ4n) is 12.6. The zero-order valence-corrected chi connectivity index (χ0v) is 44.8. The highest BCUT2D eigenvalue weighted by molar-refractivity contribution is 6.37. The molecule has 1 aromatic heterocycles. The summed E-state index contributed by atoms with van der Waals surface area (Å²) in [6.07, 6.45) is 4.61. The van der Waals surface area contributed by atoms with Gasteiger partial charge in [-0.15, -0.1) is 0 Å². The third kappa shape index (κ3) is 8.15. The molecule has 4 heteroatoms. The molecule has 10 aromatic rings. The molecular formula is C70H68BN3. The highest BCUT2D eigenvalue weighted by Crippen LogP contribution is 2.53. The van der Waals surface area contributed by atoms with Gasteiger partial charge in [0.1, 0.15) is 7.85 Å². The molecule has 0 saturated carbocycles. The third-order valence-electron chi connectivity index (χ3n) is 17.2. The number of anilines is 6. The molecule has 74 heavy (non-hydrogen) atoms. The number of nitrogens with zero attached hydrogens (tertiary/aromatic N) is 3. The van der Waals surface area contributed by atoms with Gasteiger partial charge in [-0.05, 0) is 171 Å². The first-order valence-electron chi connectivity index (χ1n) is 26.9. The van der Waals surface area contributed by atoms with Crippen molar-refractivity contribution in [3.05, 3.63) is 229 Å². The second-order valence-corrected chi connectivity index (χ2v) is 24.0. The van der Waals surface area contributed by atoms with Crippen molar-refractivity contribution >= 4 is 69.2 Å². The van der Waals surface area contributed by atoms with Gasteiger partial charge in [-0.3, -0.25) is 0 Å². The first kappa shape index (κ1) is 47.4. The van der Waals surface area contributed by atoms with Gasteiger partial charge in [0.15, 0.2) is 0 Å². The Morgan fingerprint density at radius 3 is 1.36 bits per heavy atom. The van der Waals surface area contributed by atoms with Crippen molar-refractivity contribution in [1.82, 2.24) is 4.57 Å². The van der Waals surface area contributed by atoms with Crippen molar-refractivity contribution in [2.45, 2.75) is 103 Å². The molecule has 0 aliphatic heterocycles. The van der Waals surface area contributed by atoms with Crippen molar-refractivity contribution in [3.63, 3.8) is 0 Å². The molecule has 0 atom stereocenters. The standard InChI is InChI=1S/C70H68BN3/c1-67(2)37-38-68(3,4)58-42-54(34-35-57(58)67)74-63-46-60-59(69(5,6)39-40-70(60,7)8)45-56(63)66-64(43-55(44-65(66)74)72(51-25-17-11-18-26-51)52-27-19-12-20-28-52)73(53-32-29-49(30-33-53)47-21-13-9-14-22-47)62-36-31-50(41-61(62)71)48-23-15-10-16-24-48/h9-36,41-46H,37-40,71H2,1-8H3. The van der Waals surface area contributed by atoms with Crippen LogP contribution >= 0.6 is 0 Å². The Balaban J connectivity index is 1.24. The zero-order chi connectivity index (χ0) is 51.1. The Morgan fingerprint density at radius 2 is 0.811 bits per heavy atom. The molecule has 0 radical (unpaired) electrons. The van der Waals surface area contributed by atoms with Gasteiger partial charge in [0.05, 0.1) is 22.4 Å². The number of aromatic nitrogens is 1. The van der Waals surface area contributed by atoms with Crippen LogP contribution in [0.25, 0.3) is 49.7 Å². The molecule has 2 aliphatic rings. The van der Waals surface area contributed by atoms with E-state index in [-0.39, 0.29) is 21.7 Å². The molecule has 0 bridgehead atoms. The normalized spacial score (nSPS) is 16.1. The van der Waals surface area contributed by atoms with Crippen molar-refractivity contribution in [2.75, 3.05) is 9.80 Å². The van der Waals surface area contributed by atoms with Crippen LogP contribution in [0.2, 0.25) is 0 Å². The molecule has 9 aromatic carbocycles. The Bertz CT molecular complexity index is 3680. The smallest absolute Gasteiger partial charge is 0.142 e. The van der Waals surface area contributed by atoms with Gasteiger partial charge in [0, 0.05) is 39.2 Å². The fourth-order valence-corrected chi connectivity index (χ4v) is 12.6. The maximum Gasteiger partial charge on any atom is 0.142 e. The molecular weight excluding hydrogens is 894 g/mol. The second-order valence-electron chi connectivity index (χ2n) is 24.0. The summed E-state index contributed by atoms with van der Waals surface area (Å²) in [5.74, 6) is 0. The highest BCUT2D eigenvalue weighted by atomic mass is 15.2. The van der Waals surface area contributed by atoms with Crippen LogP contribution in [0, 0.1) is 0 Å². The number of hydrogen-bond donors (Lipinski definition) is 0. The van der Waals surface area contributed by atoms with Crippen LogP contribution in [0.5, 0.6) is 0 Å². The first-order chi connectivity index (χ1) is 35.6. The summed E-state index contributed by atoms with van der Waals surface area (Å²) in [4.78, 5) is 5.01. The lowest BCUT2D eigenvalue weighted by Crippen LogP contribution is -2.34. The minimum absolute atomic E-state index is 0.00320. The second kappa shape index (κ2) is 17.8. The molecule has 0 spiro atoms. The average molecular weight is 962 g/mol. The lowest BCUT2D eigenvalue weighted by atomic mass is 9.63. The Morgan fingerprint density at radius 1 is 0.351 bits per heavy atom. The summed E-state index contributed by atoms with van der Waals surface area (Å²) >= 11 is 0. The van der Waals surface area contributed by atoms with Gasteiger partial charge in [0.25, 0.3) is 0 Å². The van der Waals surface area contributed by atoms with Crippen LogP contribution in [-0.2, 0) is 21.7 Å². The van der Waals surface area contributed by atoms with Crippen LogP contribution in [0.3, 0.4) is 0 Å². The predicted molar refractivity (Wildman–Crippen MR) is 320 cm³/mol. The molecule has 0 unspecified atom stereocenters. The molecule has 366 valence electrons. The molecule has 12 rings (SSSR count). The average Bonchev–Trinajstić information content (AvgIpc) is 3.76. The molecule has 0 amide bonds. The Labute approximate surface area is 440 Å². The molecule has 2 aliphatic carbocycles. The SMILES string of the molecule is Bc1cc(-c2ccccc2)ccc1N(c1ccc(-c2ccccc2)cc1)c1cc(N(c2ccccc2)c2ccccc2)cc2c1c1cc3c(cc1n2-c1ccc2c(c1)C(C)(C)CCC2(C)C)C(C)(C)CCC3(C)C. The maximum absolute atomic E-state index is 2.64. The van der Waals surface area contributed by atoms with Crippen LogP contribution in [0.15, 0.2) is 206 Å². The minimum atomic E-state index is 0.00320. The third-order valence-corrected chi connectivity index (χ3v) is 17.2. The molecule has 0 saturated heterocycles. The highest BCUT2D eigenvalue weighted by Gasteiger charge is 2.40. The molecule has 3 nitrogen and oxygen atoms in total. The Kier molecular flexibility index (Phi) is 11.4. The summed E-state index contributed by atoms with van der Waals surface area (Å²) in [5.41, 5.74) is 22.3. The van der Waals surface area contributed by atoms with Crippen molar-refractivity contribution < 1.29 is 0 Å². The van der Waals surface area contributed by atoms with Gasteiger partial charge in [-0.25, -0.2) is 0 Å². The summed E-state index contributed by atoms with van der Waals surface area (Å²) < 4.78 is 2.64. The van der Waals surface area contributed by atoms with E-state index >= 15 is 0 Å². The van der Waals surface area contributed by atoms with E-state index < -0.39 is 0 Å². The number of hydrogen-bond acceptors (Lipinski definition) is 2. The van der Waals surface area contributed by atoms with E-state index in [9.17, 15) is 0 Å². The monoisotopic (exact) mass is 962 g/mol. The number of fused-ring (bicyclic) bond motifs is 5. The van der Waals surface area contributed by atoms with E-state index in [4.69, 9.17) is 0 Å². The van der Waals surface area contributed by atoms with Gasteiger partial charge < -0.3 is 14.4 Å². The van der Waals surface area contributed by atoms with Crippen LogP contribution in [0.1, 0.15) is 103 Å². The van der Waals surface area contributed by atoms with Crippen LogP contribution < -0.4 is 15.3 Å². The van der Waals surface area contributed by atoms with Gasteiger partial charge in [0.2, 0.25) is 0 Å². The van der Waals surface area contributed by atoms with Crippen molar-refractivity contribution in [2.24, 2.45) is 0 Å². The van der Waals surface area contributed by atoms with Gasteiger partial charge in [-0.2, -0.15) is 0 Å². The minimum Gasteiger partial charge on any atom is -0.310 e. The summed E-state index contributed by atoms with van der Waals surface area (Å²) in [5, 5.41) is 2.52. The van der Waals surface area contributed by atoms with E-state index in [0.29, 0.717) is 0 Å². The van der Waals surface area contributed by atoms with E-state index in [2.05, 4.69) is 284 Å². The first-order valence-corrected chi connectivity index (χ1v) is 26.9. The Hall–Kier alpha value is -7.56. The van der Waals surface area contributed by atoms with E-state index in [1.54, 1.807) is 0 Å². The van der Waals surface area contributed by atoms with Gasteiger partial charge >= 0.3 is 0 Å². The molecule has 0 N–H and O–H groups in total. The summed E-state index contributed by atoms with van der Waals surface area (Å²) in [7, 11) is 2.29. The number of para-hydroxylation sites is 2. The summed E-state index contributed by atoms with van der Waals surface area (Å²) in [6, 6.07) is 77.3.